The fourth-order valence-corrected chi connectivity index (χ4v) is 2.96. The topological polar surface area (TPSA) is 67.0 Å². The van der Waals surface area contributed by atoms with Gasteiger partial charge in [-0.3, -0.25) is 9.89 Å². The van der Waals surface area contributed by atoms with E-state index in [0.717, 1.165) is 0 Å². The molecule has 1 heterocycles. The summed E-state index contributed by atoms with van der Waals surface area (Å²) in [5.41, 5.74) is -0.206. The molecule has 1 atom stereocenters. The number of benzene rings is 1. The van der Waals surface area contributed by atoms with Crippen LogP contribution in [0.2, 0.25) is 10.0 Å². The second-order valence-electron chi connectivity index (χ2n) is 5.58. The van der Waals surface area contributed by atoms with Gasteiger partial charge < -0.3 is 10.1 Å². The largest absolute Gasteiger partial charge is 0.372 e. The summed E-state index contributed by atoms with van der Waals surface area (Å²) in [5, 5.41) is 9.67. The Morgan fingerprint density at radius 2 is 2.16 bits per heavy atom. The molecule has 0 saturated heterocycles. The minimum Gasteiger partial charge on any atom is -0.372 e. The number of aromatic amines is 1. The highest BCUT2D eigenvalue weighted by Gasteiger charge is 2.30. The number of alkyl halides is 2. The molecule has 1 amide bonds. The Kier molecular flexibility index (Phi) is 6.37. The predicted molar refractivity (Wildman–Crippen MR) is 91.5 cm³/mol. The van der Waals surface area contributed by atoms with Gasteiger partial charge in [-0.15, -0.1) is 0 Å². The number of hydrogen-bond donors (Lipinski definition) is 2. The molecule has 5 nitrogen and oxygen atoms in total. The Morgan fingerprint density at radius 1 is 1.44 bits per heavy atom. The maximum atomic E-state index is 12.5. The number of carbonyl (C=O) groups excluding carboxylic acids is 1. The first-order chi connectivity index (χ1) is 11.8. The molecule has 2 rings (SSSR count). The van der Waals surface area contributed by atoms with Gasteiger partial charge in [0.2, 0.25) is 6.43 Å². The third-order valence-corrected chi connectivity index (χ3v) is 4.40. The summed E-state index contributed by atoms with van der Waals surface area (Å²) >= 11 is 12.1. The summed E-state index contributed by atoms with van der Waals surface area (Å²) in [6, 6.07) is 4.95. The fourth-order valence-electron chi connectivity index (χ4n) is 2.36. The lowest BCUT2D eigenvalue weighted by molar-refractivity contribution is 0.00321. The van der Waals surface area contributed by atoms with E-state index in [2.05, 4.69) is 15.5 Å². The van der Waals surface area contributed by atoms with Gasteiger partial charge in [0.15, 0.2) is 0 Å². The second kappa shape index (κ2) is 8.12. The van der Waals surface area contributed by atoms with Gasteiger partial charge in [0.1, 0.15) is 5.60 Å². The van der Waals surface area contributed by atoms with Crippen LogP contribution in [0.5, 0.6) is 0 Å². The summed E-state index contributed by atoms with van der Waals surface area (Å²) < 4.78 is 30.6. The molecule has 2 aromatic rings. The van der Waals surface area contributed by atoms with Crippen LogP contribution >= 0.6 is 23.2 Å². The highest BCUT2D eigenvalue weighted by Crippen LogP contribution is 2.32. The molecule has 0 aliphatic carbocycles. The molecule has 0 aliphatic heterocycles. The third-order valence-electron chi connectivity index (χ3n) is 3.85. The first-order valence-electron chi connectivity index (χ1n) is 7.36. The van der Waals surface area contributed by atoms with Gasteiger partial charge >= 0.3 is 0 Å². The lowest BCUT2D eigenvalue weighted by atomic mass is 9.95. The molecule has 0 saturated carbocycles. The number of rotatable bonds is 7. The first kappa shape index (κ1) is 19.6. The summed E-state index contributed by atoms with van der Waals surface area (Å²) in [6.07, 6.45) is -1.91. The third kappa shape index (κ3) is 4.68. The minimum atomic E-state index is -2.59. The fraction of sp³-hybridized carbons (Fsp3) is 0.375. The van der Waals surface area contributed by atoms with Crippen LogP contribution in [0.3, 0.4) is 0 Å². The van der Waals surface area contributed by atoms with Gasteiger partial charge in [0.05, 0.1) is 24.2 Å². The average molecular weight is 392 g/mol. The van der Waals surface area contributed by atoms with Crippen LogP contribution in [0.1, 0.15) is 28.5 Å². The molecule has 1 aromatic carbocycles. The van der Waals surface area contributed by atoms with Gasteiger partial charge in [0.25, 0.3) is 5.91 Å². The molecule has 1 aromatic heterocycles. The number of methoxy groups -OCH3 is 1. The first-order valence-corrected chi connectivity index (χ1v) is 8.12. The lowest BCUT2D eigenvalue weighted by Crippen LogP contribution is -2.40. The number of ether oxygens (including phenoxy) is 1. The quantitative estimate of drug-likeness (QED) is 0.753. The molecule has 0 aliphatic rings. The molecular formula is C16H17Cl2F2N3O2. The zero-order chi connectivity index (χ0) is 18.6. The summed E-state index contributed by atoms with van der Waals surface area (Å²) in [6.45, 7) is 1.82. The van der Waals surface area contributed by atoms with Crippen molar-refractivity contribution in [1.29, 1.82) is 0 Å². The average Bonchev–Trinajstić information content (AvgIpc) is 2.99. The van der Waals surface area contributed by atoms with Crippen LogP contribution in [0, 0.1) is 0 Å². The van der Waals surface area contributed by atoms with Crippen molar-refractivity contribution in [3.8, 4) is 0 Å². The van der Waals surface area contributed by atoms with Crippen LogP contribution in [-0.4, -0.2) is 36.2 Å². The zero-order valence-corrected chi connectivity index (χ0v) is 15.1. The molecule has 1 unspecified atom stereocenters. The number of aromatic nitrogens is 2. The monoisotopic (exact) mass is 391 g/mol. The molecule has 9 heteroatoms. The van der Waals surface area contributed by atoms with Crippen molar-refractivity contribution in [3.05, 3.63) is 51.3 Å². The van der Waals surface area contributed by atoms with Gasteiger partial charge in [-0.05, 0) is 19.1 Å². The highest BCUT2D eigenvalue weighted by molar-refractivity contribution is 6.35. The Morgan fingerprint density at radius 3 is 2.76 bits per heavy atom. The van der Waals surface area contributed by atoms with E-state index in [1.807, 2.05) is 0 Å². The Hall–Kier alpha value is -1.70. The minimum absolute atomic E-state index is 0.0103. The summed E-state index contributed by atoms with van der Waals surface area (Å²) in [7, 11) is 1.48. The van der Waals surface area contributed by atoms with Crippen LogP contribution in [0.4, 0.5) is 8.78 Å². The summed E-state index contributed by atoms with van der Waals surface area (Å²) in [5.74, 6) is -0.530. The SMILES string of the molecule is COC(C)(CNC(=O)c1c[nH]nc1CC(F)F)c1ccc(Cl)cc1Cl. The van der Waals surface area contributed by atoms with E-state index in [1.165, 1.54) is 13.3 Å². The van der Waals surface area contributed by atoms with Crippen LogP contribution < -0.4 is 5.32 Å². The zero-order valence-electron chi connectivity index (χ0n) is 13.6. The molecule has 0 bridgehead atoms. The maximum absolute atomic E-state index is 12.5. The van der Waals surface area contributed by atoms with Crippen LogP contribution in [0.15, 0.2) is 24.4 Å². The standard InChI is InChI=1S/C16H17Cl2F2N3O2/c1-16(25-2,11-4-3-9(17)5-12(11)18)8-21-15(24)10-7-22-23-13(10)6-14(19)20/h3-5,7,14H,6,8H2,1-2H3,(H,21,24)(H,22,23). The van der Waals surface area contributed by atoms with Gasteiger partial charge in [-0.1, -0.05) is 29.3 Å². The number of nitrogens with zero attached hydrogens (tertiary/aromatic N) is 1. The summed E-state index contributed by atoms with van der Waals surface area (Å²) in [4.78, 5) is 12.3. The van der Waals surface area contributed by atoms with E-state index < -0.39 is 24.4 Å². The Labute approximate surface area is 153 Å². The van der Waals surface area contributed by atoms with Crippen LogP contribution in [0.25, 0.3) is 0 Å². The van der Waals surface area contributed by atoms with E-state index in [4.69, 9.17) is 27.9 Å². The molecule has 2 N–H and O–H groups in total. The Bertz CT molecular complexity index is 755. The van der Waals surface area contributed by atoms with E-state index in [0.29, 0.717) is 15.6 Å². The number of halogens is 4. The van der Waals surface area contributed by atoms with Crippen molar-refractivity contribution in [2.24, 2.45) is 0 Å². The van der Waals surface area contributed by atoms with E-state index >= 15 is 0 Å². The van der Waals surface area contributed by atoms with Crippen LogP contribution in [-0.2, 0) is 16.8 Å². The van der Waals surface area contributed by atoms with E-state index in [-0.39, 0.29) is 17.8 Å². The van der Waals surface area contributed by atoms with Crippen molar-refractivity contribution in [2.75, 3.05) is 13.7 Å². The van der Waals surface area contributed by atoms with E-state index in [1.54, 1.807) is 25.1 Å². The number of nitrogens with one attached hydrogen (secondary N) is 2. The normalized spacial score (nSPS) is 13.7. The maximum Gasteiger partial charge on any atom is 0.254 e. The van der Waals surface area contributed by atoms with Crippen molar-refractivity contribution in [2.45, 2.75) is 25.4 Å². The van der Waals surface area contributed by atoms with Crippen molar-refractivity contribution in [3.63, 3.8) is 0 Å². The lowest BCUT2D eigenvalue weighted by Gasteiger charge is -2.30. The predicted octanol–water partition coefficient (Wildman–Crippen LogP) is 3.82. The van der Waals surface area contributed by atoms with Gasteiger partial charge in [0, 0.05) is 28.9 Å². The van der Waals surface area contributed by atoms with Crippen molar-refractivity contribution < 1.29 is 18.3 Å². The second-order valence-corrected chi connectivity index (χ2v) is 6.43. The van der Waals surface area contributed by atoms with Crippen molar-refractivity contribution >= 4 is 29.1 Å². The van der Waals surface area contributed by atoms with Crippen molar-refractivity contribution in [1.82, 2.24) is 15.5 Å². The number of hydrogen-bond acceptors (Lipinski definition) is 3. The Balaban J connectivity index is 2.15. The molecular weight excluding hydrogens is 375 g/mol. The molecule has 0 radical (unpaired) electrons. The smallest absolute Gasteiger partial charge is 0.254 e. The highest BCUT2D eigenvalue weighted by atomic mass is 35.5. The molecule has 0 spiro atoms. The van der Waals surface area contributed by atoms with E-state index in [9.17, 15) is 13.6 Å². The number of amides is 1. The van der Waals surface area contributed by atoms with Gasteiger partial charge in [-0.2, -0.15) is 5.10 Å². The molecule has 0 fully saturated rings. The number of carbonyl (C=O) groups is 1. The molecule has 25 heavy (non-hydrogen) atoms. The number of H-pyrrole nitrogens is 1. The molecule has 136 valence electrons. The van der Waals surface area contributed by atoms with Gasteiger partial charge in [-0.25, -0.2) is 8.78 Å².